The van der Waals surface area contributed by atoms with Crippen LogP contribution in [0.1, 0.15) is 0 Å². The van der Waals surface area contributed by atoms with Crippen LogP contribution >= 0.6 is 34.2 Å². The van der Waals surface area contributed by atoms with Gasteiger partial charge in [0.25, 0.3) is 0 Å². The Balaban J connectivity index is 2.68. The molecule has 3 nitrogen and oxygen atoms in total. The molecule has 1 amide bonds. The second-order valence-electron chi connectivity index (χ2n) is 3.41. The number of nitrogens with one attached hydrogen (secondary N) is 1. The molecule has 0 saturated carbocycles. The lowest BCUT2D eigenvalue weighted by molar-refractivity contribution is -0.116. The molecule has 1 aromatic rings. The molecule has 1 rings (SSSR count). The van der Waals surface area contributed by atoms with Gasteiger partial charge < -0.3 is 10.2 Å². The van der Waals surface area contributed by atoms with Crippen molar-refractivity contribution in [1.82, 2.24) is 4.90 Å². The number of benzene rings is 1. The molecule has 0 radical (unpaired) electrons. The van der Waals surface area contributed by atoms with Crippen LogP contribution in [0.2, 0.25) is 5.02 Å². The van der Waals surface area contributed by atoms with Crippen LogP contribution in [0.3, 0.4) is 0 Å². The minimum Gasteiger partial charge on any atom is -0.324 e. The van der Waals surface area contributed by atoms with E-state index >= 15 is 0 Å². The van der Waals surface area contributed by atoms with E-state index in [1.807, 2.05) is 25.1 Å². The summed E-state index contributed by atoms with van der Waals surface area (Å²) in [7, 11) is 3.71. The highest BCUT2D eigenvalue weighted by molar-refractivity contribution is 14.1. The van der Waals surface area contributed by atoms with Crippen LogP contribution in [0.4, 0.5) is 5.69 Å². The predicted octanol–water partition coefficient (Wildman–Crippen LogP) is 2.44. The maximum atomic E-state index is 11.5. The van der Waals surface area contributed by atoms with Crippen molar-refractivity contribution in [1.29, 1.82) is 0 Å². The van der Waals surface area contributed by atoms with Gasteiger partial charge in [-0.3, -0.25) is 4.79 Å². The first-order valence-corrected chi connectivity index (χ1v) is 5.84. The van der Waals surface area contributed by atoms with Crippen molar-refractivity contribution in [2.45, 2.75) is 0 Å². The fourth-order valence-electron chi connectivity index (χ4n) is 1.07. The van der Waals surface area contributed by atoms with Crippen LogP contribution < -0.4 is 5.32 Å². The Morgan fingerprint density at radius 3 is 2.73 bits per heavy atom. The first kappa shape index (κ1) is 12.7. The van der Waals surface area contributed by atoms with Gasteiger partial charge in [-0.05, 0) is 54.9 Å². The Labute approximate surface area is 108 Å². The largest absolute Gasteiger partial charge is 0.324 e. The van der Waals surface area contributed by atoms with Gasteiger partial charge in [0.1, 0.15) is 0 Å². The monoisotopic (exact) mass is 338 g/mol. The Hall–Kier alpha value is -0.330. The van der Waals surface area contributed by atoms with Crippen molar-refractivity contribution in [3.05, 3.63) is 26.8 Å². The van der Waals surface area contributed by atoms with Crippen LogP contribution in [-0.2, 0) is 4.79 Å². The van der Waals surface area contributed by atoms with E-state index in [0.29, 0.717) is 11.6 Å². The third-order valence-corrected chi connectivity index (χ3v) is 2.79. The number of likely N-dealkylation sites (N-methyl/N-ethyl adjacent to an activating group) is 1. The fraction of sp³-hybridized carbons (Fsp3) is 0.300. The van der Waals surface area contributed by atoms with Gasteiger partial charge in [0.2, 0.25) is 5.91 Å². The van der Waals surface area contributed by atoms with Crippen molar-refractivity contribution in [3.63, 3.8) is 0 Å². The Bertz CT molecular complexity index is 368. The Kier molecular flexibility index (Phi) is 4.82. The summed E-state index contributed by atoms with van der Waals surface area (Å²) in [6, 6.07) is 5.38. The maximum Gasteiger partial charge on any atom is 0.238 e. The molecule has 0 saturated heterocycles. The van der Waals surface area contributed by atoms with E-state index in [0.717, 1.165) is 9.26 Å². The summed E-state index contributed by atoms with van der Waals surface area (Å²) in [5, 5.41) is 3.49. The number of amides is 1. The molecule has 1 N–H and O–H groups in total. The predicted molar refractivity (Wildman–Crippen MR) is 71.4 cm³/mol. The lowest BCUT2D eigenvalue weighted by Crippen LogP contribution is -2.27. The molecule has 1 aromatic carbocycles. The summed E-state index contributed by atoms with van der Waals surface area (Å²) in [6.07, 6.45) is 0. The molecule has 0 bridgehead atoms. The first-order valence-electron chi connectivity index (χ1n) is 4.38. The topological polar surface area (TPSA) is 32.3 Å². The molecule has 0 aliphatic heterocycles. The normalized spacial score (nSPS) is 10.5. The third kappa shape index (κ3) is 4.36. The molecule has 82 valence electrons. The summed E-state index contributed by atoms with van der Waals surface area (Å²) in [5.74, 6) is -0.0276. The Morgan fingerprint density at radius 1 is 1.53 bits per heavy atom. The van der Waals surface area contributed by atoms with Crippen LogP contribution in [0.25, 0.3) is 0 Å². The summed E-state index contributed by atoms with van der Waals surface area (Å²) in [4.78, 5) is 13.3. The number of anilines is 1. The van der Waals surface area contributed by atoms with E-state index in [9.17, 15) is 4.79 Å². The number of nitrogens with zero attached hydrogens (tertiary/aromatic N) is 1. The molecule has 0 aliphatic carbocycles. The molecule has 5 heteroatoms. The highest BCUT2D eigenvalue weighted by Crippen LogP contribution is 2.22. The molecule has 15 heavy (non-hydrogen) atoms. The quantitative estimate of drug-likeness (QED) is 0.859. The lowest BCUT2D eigenvalue weighted by atomic mass is 10.3. The molecular weight excluding hydrogens is 326 g/mol. The first-order chi connectivity index (χ1) is 6.99. The van der Waals surface area contributed by atoms with Gasteiger partial charge in [-0.1, -0.05) is 11.6 Å². The number of carbonyl (C=O) groups is 1. The average molecular weight is 339 g/mol. The Morgan fingerprint density at radius 2 is 2.20 bits per heavy atom. The molecular formula is C10H12ClIN2O. The van der Waals surface area contributed by atoms with E-state index < -0.39 is 0 Å². The van der Waals surface area contributed by atoms with Gasteiger partial charge in [0.15, 0.2) is 0 Å². The summed E-state index contributed by atoms with van der Waals surface area (Å²) in [5.41, 5.74) is 0.798. The standard InChI is InChI=1S/C10H12ClIN2O/c1-14(2)6-10(15)13-9-4-3-7(11)5-8(9)12/h3-5H,6H2,1-2H3,(H,13,15). The van der Waals surface area contributed by atoms with Gasteiger partial charge in [0, 0.05) is 8.59 Å². The average Bonchev–Trinajstić information content (AvgIpc) is 2.08. The number of carbonyl (C=O) groups excluding carboxylic acids is 1. The van der Waals surface area contributed by atoms with E-state index in [1.165, 1.54) is 0 Å². The van der Waals surface area contributed by atoms with Crippen molar-refractivity contribution in [2.24, 2.45) is 0 Å². The van der Waals surface area contributed by atoms with Crippen molar-refractivity contribution < 1.29 is 4.79 Å². The lowest BCUT2D eigenvalue weighted by Gasteiger charge is -2.11. The molecule has 0 unspecified atom stereocenters. The summed E-state index contributed by atoms with van der Waals surface area (Å²) in [6.45, 7) is 0.374. The van der Waals surface area contributed by atoms with Crippen molar-refractivity contribution >= 4 is 45.8 Å². The summed E-state index contributed by atoms with van der Waals surface area (Å²) < 4.78 is 0.937. The van der Waals surface area contributed by atoms with Crippen LogP contribution in [0.15, 0.2) is 18.2 Å². The summed E-state index contributed by atoms with van der Waals surface area (Å²) >= 11 is 7.95. The van der Waals surface area contributed by atoms with E-state index in [-0.39, 0.29) is 5.91 Å². The maximum absolute atomic E-state index is 11.5. The van der Waals surface area contributed by atoms with Crippen LogP contribution in [0.5, 0.6) is 0 Å². The number of rotatable bonds is 3. The second kappa shape index (κ2) is 5.67. The highest BCUT2D eigenvalue weighted by atomic mass is 127. The second-order valence-corrected chi connectivity index (χ2v) is 5.01. The zero-order chi connectivity index (χ0) is 11.4. The SMILES string of the molecule is CN(C)CC(=O)Nc1ccc(Cl)cc1I. The molecule has 0 spiro atoms. The van der Waals surface area contributed by atoms with Gasteiger partial charge >= 0.3 is 0 Å². The van der Waals surface area contributed by atoms with Gasteiger partial charge in [-0.15, -0.1) is 0 Å². The minimum atomic E-state index is -0.0276. The minimum absolute atomic E-state index is 0.0276. The van der Waals surface area contributed by atoms with Crippen LogP contribution in [0, 0.1) is 3.57 Å². The number of hydrogen-bond donors (Lipinski definition) is 1. The van der Waals surface area contributed by atoms with E-state index in [1.54, 1.807) is 12.1 Å². The molecule has 0 heterocycles. The van der Waals surface area contributed by atoms with Crippen molar-refractivity contribution in [3.8, 4) is 0 Å². The molecule has 0 aromatic heterocycles. The van der Waals surface area contributed by atoms with Gasteiger partial charge in [0.05, 0.1) is 12.2 Å². The van der Waals surface area contributed by atoms with Crippen LogP contribution in [-0.4, -0.2) is 31.4 Å². The van der Waals surface area contributed by atoms with E-state index in [2.05, 4.69) is 27.9 Å². The number of halogens is 2. The van der Waals surface area contributed by atoms with Crippen molar-refractivity contribution in [2.75, 3.05) is 26.0 Å². The van der Waals surface area contributed by atoms with E-state index in [4.69, 9.17) is 11.6 Å². The smallest absolute Gasteiger partial charge is 0.238 e. The molecule has 0 fully saturated rings. The van der Waals surface area contributed by atoms with Gasteiger partial charge in [-0.2, -0.15) is 0 Å². The zero-order valence-corrected chi connectivity index (χ0v) is 11.5. The highest BCUT2D eigenvalue weighted by Gasteiger charge is 2.06. The fourth-order valence-corrected chi connectivity index (χ4v) is 2.07. The molecule has 0 aliphatic rings. The third-order valence-electron chi connectivity index (χ3n) is 1.67. The molecule has 0 atom stereocenters. The number of hydrogen-bond acceptors (Lipinski definition) is 2. The van der Waals surface area contributed by atoms with Gasteiger partial charge in [-0.25, -0.2) is 0 Å². The zero-order valence-electron chi connectivity index (χ0n) is 8.55.